The molecule has 1 saturated heterocycles. The molecule has 2 nitrogen and oxygen atoms in total. The Hall–Kier alpha value is -0.340. The van der Waals surface area contributed by atoms with Gasteiger partial charge in [0.2, 0.25) is 0 Å². The van der Waals surface area contributed by atoms with Crippen molar-refractivity contribution in [1.82, 2.24) is 0 Å². The molecule has 110 valence electrons. The third-order valence-corrected chi connectivity index (χ3v) is 5.40. The van der Waals surface area contributed by atoms with Crippen molar-refractivity contribution in [1.29, 1.82) is 0 Å². The van der Waals surface area contributed by atoms with Crippen LogP contribution in [0.2, 0.25) is 0 Å². The van der Waals surface area contributed by atoms with Gasteiger partial charge in [0.1, 0.15) is 0 Å². The van der Waals surface area contributed by atoms with E-state index in [4.69, 9.17) is 9.47 Å². The molecule has 2 aliphatic rings. The highest BCUT2D eigenvalue weighted by molar-refractivity contribution is 5.06. The summed E-state index contributed by atoms with van der Waals surface area (Å²) in [4.78, 5) is 0. The van der Waals surface area contributed by atoms with E-state index in [0.29, 0.717) is 17.8 Å². The molecule has 2 heteroatoms. The summed E-state index contributed by atoms with van der Waals surface area (Å²) in [5.74, 6) is 1.76. The second-order valence-electron chi connectivity index (χ2n) is 7.03. The summed E-state index contributed by atoms with van der Waals surface area (Å²) in [6.07, 6.45) is 5.99. The van der Waals surface area contributed by atoms with Gasteiger partial charge in [-0.1, -0.05) is 45.8 Å². The molecule has 0 saturated carbocycles. The zero-order valence-electron chi connectivity index (χ0n) is 13.2. The summed E-state index contributed by atoms with van der Waals surface area (Å²) in [5, 5.41) is 0. The van der Waals surface area contributed by atoms with Crippen LogP contribution in [0, 0.1) is 23.2 Å². The maximum Gasteiger partial charge on any atom is 0.160 e. The highest BCUT2D eigenvalue weighted by atomic mass is 16.7. The van der Waals surface area contributed by atoms with E-state index in [0.717, 1.165) is 13.2 Å². The van der Waals surface area contributed by atoms with Crippen LogP contribution in [0.25, 0.3) is 0 Å². The number of ether oxygens (including phenoxy) is 2. The van der Waals surface area contributed by atoms with Crippen molar-refractivity contribution in [3.8, 4) is 0 Å². The topological polar surface area (TPSA) is 18.5 Å². The minimum atomic E-state index is 0.0106. The number of rotatable bonds is 3. The molecule has 1 aliphatic heterocycles. The number of hydrogen-bond acceptors (Lipinski definition) is 2. The van der Waals surface area contributed by atoms with Crippen LogP contribution in [0.15, 0.2) is 11.6 Å². The van der Waals surface area contributed by atoms with Gasteiger partial charge in [-0.2, -0.15) is 0 Å². The smallest absolute Gasteiger partial charge is 0.160 e. The fourth-order valence-electron chi connectivity index (χ4n) is 3.36. The SMILES string of the molecule is CCC(C)C1(C)COC([C@H]2CCC(C)=C[C@H]2C)OC1. The van der Waals surface area contributed by atoms with Crippen molar-refractivity contribution < 1.29 is 9.47 Å². The van der Waals surface area contributed by atoms with Crippen molar-refractivity contribution in [2.75, 3.05) is 13.2 Å². The van der Waals surface area contributed by atoms with Gasteiger partial charge in [-0.25, -0.2) is 0 Å². The monoisotopic (exact) mass is 266 g/mol. The van der Waals surface area contributed by atoms with Crippen molar-refractivity contribution in [3.63, 3.8) is 0 Å². The van der Waals surface area contributed by atoms with Crippen LogP contribution in [0.1, 0.15) is 53.9 Å². The summed E-state index contributed by atoms with van der Waals surface area (Å²) in [5.41, 5.74) is 1.71. The lowest BCUT2D eigenvalue weighted by Gasteiger charge is -2.44. The average molecular weight is 266 g/mol. The Bertz CT molecular complexity index is 326. The van der Waals surface area contributed by atoms with Crippen molar-refractivity contribution >= 4 is 0 Å². The lowest BCUT2D eigenvalue weighted by atomic mass is 9.76. The minimum absolute atomic E-state index is 0.0106. The predicted molar refractivity (Wildman–Crippen MR) is 78.9 cm³/mol. The molecule has 19 heavy (non-hydrogen) atoms. The highest BCUT2D eigenvalue weighted by Crippen LogP contribution is 2.39. The van der Waals surface area contributed by atoms with E-state index in [1.165, 1.54) is 24.8 Å². The Morgan fingerprint density at radius 1 is 1.37 bits per heavy atom. The lowest BCUT2D eigenvalue weighted by molar-refractivity contribution is -0.260. The van der Waals surface area contributed by atoms with Crippen LogP contribution >= 0.6 is 0 Å². The van der Waals surface area contributed by atoms with Crippen LogP contribution in [-0.2, 0) is 9.47 Å². The first-order valence-corrected chi connectivity index (χ1v) is 7.87. The average Bonchev–Trinajstić information content (AvgIpc) is 2.39. The standard InChI is InChI=1S/C17H30O2/c1-6-14(4)17(5)10-18-16(19-11-17)15-8-7-12(2)9-13(15)3/h9,13-16H,6-8,10-11H2,1-5H3/t13-,14?,15+,16?,17?/m1/s1. The van der Waals surface area contributed by atoms with Gasteiger partial charge in [0.25, 0.3) is 0 Å². The molecule has 0 radical (unpaired) electrons. The summed E-state index contributed by atoms with van der Waals surface area (Å²) < 4.78 is 12.2. The highest BCUT2D eigenvalue weighted by Gasteiger charge is 2.40. The molecule has 0 amide bonds. The van der Waals surface area contributed by atoms with E-state index in [1.54, 1.807) is 0 Å². The van der Waals surface area contributed by atoms with Crippen molar-refractivity contribution in [2.24, 2.45) is 23.2 Å². The normalized spacial score (nSPS) is 41.7. The largest absolute Gasteiger partial charge is 0.352 e. The van der Waals surface area contributed by atoms with Crippen LogP contribution in [0.3, 0.4) is 0 Å². The van der Waals surface area contributed by atoms with Gasteiger partial charge >= 0.3 is 0 Å². The molecule has 0 aromatic heterocycles. The first-order chi connectivity index (χ1) is 8.96. The third kappa shape index (κ3) is 3.22. The first kappa shape index (κ1) is 15.1. The van der Waals surface area contributed by atoms with Gasteiger partial charge in [0.15, 0.2) is 6.29 Å². The summed E-state index contributed by atoms with van der Waals surface area (Å²) in [6, 6.07) is 0. The van der Waals surface area contributed by atoms with E-state index in [-0.39, 0.29) is 11.7 Å². The van der Waals surface area contributed by atoms with E-state index in [2.05, 4.69) is 40.7 Å². The zero-order chi connectivity index (χ0) is 14.0. The Morgan fingerprint density at radius 2 is 2.00 bits per heavy atom. The first-order valence-electron chi connectivity index (χ1n) is 7.87. The van der Waals surface area contributed by atoms with Gasteiger partial charge < -0.3 is 9.47 Å². The van der Waals surface area contributed by atoms with Crippen molar-refractivity contribution in [3.05, 3.63) is 11.6 Å². The summed E-state index contributed by atoms with van der Waals surface area (Å²) in [6.45, 7) is 13.1. The Labute approximate surface area is 118 Å². The van der Waals surface area contributed by atoms with Gasteiger partial charge in [0.05, 0.1) is 13.2 Å². The Balaban J connectivity index is 1.93. The molecule has 0 bridgehead atoms. The van der Waals surface area contributed by atoms with E-state index in [9.17, 15) is 0 Å². The summed E-state index contributed by atoms with van der Waals surface area (Å²) in [7, 11) is 0. The van der Waals surface area contributed by atoms with Gasteiger partial charge in [-0.15, -0.1) is 0 Å². The number of hydrogen-bond donors (Lipinski definition) is 0. The molecular formula is C17H30O2. The Kier molecular flexibility index (Phi) is 4.73. The molecule has 1 unspecified atom stereocenters. The summed E-state index contributed by atoms with van der Waals surface area (Å²) >= 11 is 0. The molecular weight excluding hydrogens is 236 g/mol. The molecule has 1 heterocycles. The van der Waals surface area contributed by atoms with Crippen LogP contribution < -0.4 is 0 Å². The molecule has 2 rings (SSSR count). The third-order valence-electron chi connectivity index (χ3n) is 5.40. The minimum Gasteiger partial charge on any atom is -0.352 e. The lowest BCUT2D eigenvalue weighted by Crippen LogP contribution is -2.47. The zero-order valence-corrected chi connectivity index (χ0v) is 13.2. The molecule has 0 aromatic carbocycles. The number of allylic oxidation sites excluding steroid dienone is 2. The molecule has 1 aliphatic carbocycles. The molecule has 0 aromatic rings. The molecule has 3 atom stereocenters. The van der Waals surface area contributed by atoms with Gasteiger partial charge in [-0.05, 0) is 31.6 Å². The van der Waals surface area contributed by atoms with Crippen LogP contribution in [0.5, 0.6) is 0 Å². The van der Waals surface area contributed by atoms with Crippen LogP contribution in [-0.4, -0.2) is 19.5 Å². The van der Waals surface area contributed by atoms with E-state index in [1.807, 2.05) is 0 Å². The van der Waals surface area contributed by atoms with E-state index < -0.39 is 0 Å². The van der Waals surface area contributed by atoms with Crippen molar-refractivity contribution in [2.45, 2.75) is 60.2 Å². The second kappa shape index (κ2) is 5.97. The van der Waals surface area contributed by atoms with E-state index >= 15 is 0 Å². The molecule has 1 fully saturated rings. The quantitative estimate of drug-likeness (QED) is 0.705. The Morgan fingerprint density at radius 3 is 2.53 bits per heavy atom. The fourth-order valence-corrected chi connectivity index (χ4v) is 3.36. The maximum atomic E-state index is 6.11. The van der Waals surface area contributed by atoms with Gasteiger partial charge in [-0.3, -0.25) is 0 Å². The van der Waals surface area contributed by atoms with Crippen LogP contribution in [0.4, 0.5) is 0 Å². The fraction of sp³-hybridized carbons (Fsp3) is 0.882. The molecule has 0 spiro atoms. The molecule has 0 N–H and O–H groups in total. The second-order valence-corrected chi connectivity index (χ2v) is 7.03. The van der Waals surface area contributed by atoms with Gasteiger partial charge in [0, 0.05) is 11.3 Å². The maximum absolute atomic E-state index is 6.11. The predicted octanol–water partition coefficient (Wildman–Crippen LogP) is 4.40.